The minimum atomic E-state index is -3.79. The Morgan fingerprint density at radius 3 is 2.85 bits per heavy atom. The highest BCUT2D eigenvalue weighted by Crippen LogP contribution is 2.46. The molecule has 5 rings (SSSR count). The van der Waals surface area contributed by atoms with E-state index in [0.29, 0.717) is 18.6 Å². The zero-order chi connectivity index (χ0) is 24.1. The number of carbonyl (C=O) groups is 1. The average molecular weight is 525 g/mol. The van der Waals surface area contributed by atoms with Gasteiger partial charge in [0.15, 0.2) is 0 Å². The van der Waals surface area contributed by atoms with Gasteiger partial charge in [0, 0.05) is 52.3 Å². The van der Waals surface area contributed by atoms with Crippen LogP contribution in [-0.4, -0.2) is 67.7 Å². The van der Waals surface area contributed by atoms with Crippen LogP contribution in [0, 0.1) is 0 Å². The largest absolute Gasteiger partial charge is 0.465 e. The molecule has 182 valence electrons. The summed E-state index contributed by atoms with van der Waals surface area (Å²) in [5.41, 5.74) is 3.11. The highest BCUT2D eigenvalue weighted by molar-refractivity contribution is 8.24. The van der Waals surface area contributed by atoms with E-state index in [1.165, 1.54) is 4.90 Å². The summed E-state index contributed by atoms with van der Waals surface area (Å²) in [5.74, 6) is 0.248. The minimum Gasteiger partial charge on any atom is -0.465 e. The summed E-state index contributed by atoms with van der Waals surface area (Å²) in [4.78, 5) is 21.0. The van der Waals surface area contributed by atoms with E-state index in [1.54, 1.807) is 24.5 Å². The minimum absolute atomic E-state index is 0.0384. The summed E-state index contributed by atoms with van der Waals surface area (Å²) in [5, 5.41) is 10.1. The number of pyridine rings is 1. The second-order valence-corrected chi connectivity index (χ2v) is 13.8. The Morgan fingerprint density at radius 2 is 2.12 bits per heavy atom. The number of carboxylic acid groups (broad SMARTS) is 1. The van der Waals surface area contributed by atoms with Crippen molar-refractivity contribution >= 4 is 54.6 Å². The number of aromatic nitrogens is 2. The van der Waals surface area contributed by atoms with E-state index >= 15 is 0 Å². The molecule has 2 aliphatic rings. The lowest BCUT2D eigenvalue weighted by atomic mass is 10.0. The summed E-state index contributed by atoms with van der Waals surface area (Å²) >= 11 is 1.13. The first-order valence-electron chi connectivity index (χ1n) is 10.7. The van der Waals surface area contributed by atoms with Gasteiger partial charge in [-0.2, -0.15) is 10.6 Å². The second kappa shape index (κ2) is 8.66. The predicted molar refractivity (Wildman–Crippen MR) is 133 cm³/mol. The fourth-order valence-corrected chi connectivity index (χ4v) is 8.79. The number of amides is 1. The van der Waals surface area contributed by atoms with E-state index < -0.39 is 32.7 Å². The summed E-state index contributed by atoms with van der Waals surface area (Å²) < 4.78 is 48.1. The van der Waals surface area contributed by atoms with E-state index in [0.717, 1.165) is 51.3 Å². The number of H-pyrrole nitrogens is 1. The molecule has 0 radical (unpaired) electrons. The zero-order valence-corrected chi connectivity index (χ0v) is 20.4. The van der Waals surface area contributed by atoms with Crippen LogP contribution in [0.2, 0.25) is 0 Å². The van der Waals surface area contributed by atoms with Crippen LogP contribution in [0.1, 0.15) is 25.0 Å². The molecule has 34 heavy (non-hydrogen) atoms. The average Bonchev–Trinajstić information content (AvgIpc) is 3.51. The lowest BCUT2D eigenvalue weighted by Gasteiger charge is -2.25. The van der Waals surface area contributed by atoms with Crippen molar-refractivity contribution in [2.24, 2.45) is 0 Å². The Hall–Kier alpha value is -2.42. The fraction of sp³-hybridized carbons (Fsp3) is 0.333. The molecule has 3 aromatic heterocycles. The molecular weight excluding hydrogens is 500 g/mol. The van der Waals surface area contributed by atoms with Crippen molar-refractivity contribution in [3.63, 3.8) is 0 Å². The molecule has 1 amide bonds. The van der Waals surface area contributed by atoms with Gasteiger partial charge in [-0.3, -0.25) is 14.0 Å². The van der Waals surface area contributed by atoms with E-state index in [9.17, 15) is 27.4 Å². The van der Waals surface area contributed by atoms with Crippen molar-refractivity contribution in [2.45, 2.75) is 29.5 Å². The summed E-state index contributed by atoms with van der Waals surface area (Å²) in [6, 6.07) is 6.54. The van der Waals surface area contributed by atoms with Crippen molar-refractivity contribution in [3.05, 3.63) is 42.4 Å². The molecule has 0 aromatic carbocycles. The number of hydrogen-bond acceptors (Lipinski definition) is 7. The summed E-state index contributed by atoms with van der Waals surface area (Å²) in [7, 11) is -6.50. The monoisotopic (exact) mass is 524 g/mol. The van der Waals surface area contributed by atoms with Gasteiger partial charge in [-0.25, -0.2) is 22.9 Å². The molecule has 3 aromatic rings. The fourth-order valence-electron chi connectivity index (χ4n) is 4.33. The van der Waals surface area contributed by atoms with Crippen LogP contribution in [0.25, 0.3) is 27.0 Å². The third-order valence-electron chi connectivity index (χ3n) is 5.98. The van der Waals surface area contributed by atoms with Gasteiger partial charge in [0.1, 0.15) is 9.86 Å². The molecule has 1 saturated heterocycles. The molecule has 1 atom stereocenters. The third kappa shape index (κ3) is 4.59. The van der Waals surface area contributed by atoms with Crippen molar-refractivity contribution in [3.8, 4) is 10.4 Å². The molecule has 1 unspecified atom stereocenters. The topological polar surface area (TPSA) is 156 Å². The van der Waals surface area contributed by atoms with Crippen LogP contribution in [0.5, 0.6) is 0 Å². The predicted octanol–water partition coefficient (Wildman–Crippen LogP) is 4.21. The molecule has 2 aliphatic heterocycles. The number of nitrogens with zero attached hydrogens (tertiary/aromatic N) is 2. The van der Waals surface area contributed by atoms with Crippen molar-refractivity contribution in [1.29, 1.82) is 0 Å². The van der Waals surface area contributed by atoms with Crippen LogP contribution < -0.4 is 4.72 Å². The third-order valence-corrected chi connectivity index (χ3v) is 10.9. The van der Waals surface area contributed by atoms with E-state index in [2.05, 4.69) is 14.7 Å². The van der Waals surface area contributed by atoms with Crippen LogP contribution in [0.3, 0.4) is 0 Å². The number of fused-ring (bicyclic) bond motifs is 1. The summed E-state index contributed by atoms with van der Waals surface area (Å²) in [6.45, 7) is 0.461. The van der Waals surface area contributed by atoms with E-state index in [-0.39, 0.29) is 15.7 Å². The van der Waals surface area contributed by atoms with Crippen LogP contribution in [0.15, 0.2) is 40.9 Å². The van der Waals surface area contributed by atoms with Crippen molar-refractivity contribution in [2.75, 3.05) is 18.1 Å². The highest BCUT2D eigenvalue weighted by Gasteiger charge is 2.32. The SMILES string of the molecule is O=C(O)N1C=C(c2cc3c(-c4ccc(S(=O)(=O)NC5CCS(O)(O)C5)s4)ccnc3[nH]2)CCC1. The Kier molecular flexibility index (Phi) is 5.94. The maximum Gasteiger partial charge on any atom is 0.411 e. The Balaban J connectivity index is 1.44. The first-order chi connectivity index (χ1) is 16.1. The quantitative estimate of drug-likeness (QED) is 0.335. The van der Waals surface area contributed by atoms with Crippen molar-refractivity contribution < 1.29 is 27.4 Å². The van der Waals surface area contributed by atoms with Crippen LogP contribution in [0.4, 0.5) is 4.79 Å². The Bertz CT molecular complexity index is 1390. The molecule has 1 fully saturated rings. The van der Waals surface area contributed by atoms with E-state index in [1.807, 2.05) is 12.1 Å². The van der Waals surface area contributed by atoms with Gasteiger partial charge in [-0.1, -0.05) is 0 Å². The highest BCUT2D eigenvalue weighted by atomic mass is 32.3. The van der Waals surface area contributed by atoms with Crippen LogP contribution in [-0.2, 0) is 10.0 Å². The van der Waals surface area contributed by atoms with Gasteiger partial charge in [0.25, 0.3) is 0 Å². The van der Waals surface area contributed by atoms with Gasteiger partial charge >= 0.3 is 6.09 Å². The molecule has 0 spiro atoms. The Morgan fingerprint density at radius 1 is 1.29 bits per heavy atom. The maximum atomic E-state index is 12.9. The van der Waals surface area contributed by atoms with Gasteiger partial charge in [-0.05, 0) is 49.1 Å². The smallest absolute Gasteiger partial charge is 0.411 e. The number of thiophene rings is 1. The second-order valence-electron chi connectivity index (χ2n) is 8.44. The molecule has 0 saturated carbocycles. The van der Waals surface area contributed by atoms with Gasteiger partial charge in [-0.15, -0.1) is 11.3 Å². The molecule has 10 nitrogen and oxygen atoms in total. The number of sulfonamides is 1. The Labute approximate surface area is 201 Å². The molecule has 0 bridgehead atoms. The maximum absolute atomic E-state index is 12.9. The van der Waals surface area contributed by atoms with Crippen LogP contribution >= 0.6 is 21.9 Å². The number of allylic oxidation sites excluding steroid dienone is 1. The number of nitrogens with one attached hydrogen (secondary N) is 2. The molecule has 0 aliphatic carbocycles. The van der Waals surface area contributed by atoms with Crippen molar-refractivity contribution in [1.82, 2.24) is 19.6 Å². The lowest BCUT2D eigenvalue weighted by Crippen LogP contribution is -2.34. The molecule has 13 heteroatoms. The number of hydrogen-bond donors (Lipinski definition) is 5. The normalized spacial score (nSPS) is 21.5. The van der Waals surface area contributed by atoms with Gasteiger partial charge in [0.2, 0.25) is 10.0 Å². The summed E-state index contributed by atoms with van der Waals surface area (Å²) in [6.07, 6.45) is 4.15. The van der Waals surface area contributed by atoms with Gasteiger partial charge < -0.3 is 10.1 Å². The number of rotatable bonds is 5. The first kappa shape index (κ1) is 23.3. The van der Waals surface area contributed by atoms with E-state index in [4.69, 9.17) is 0 Å². The van der Waals surface area contributed by atoms with Gasteiger partial charge in [0.05, 0.1) is 5.75 Å². The molecule has 5 heterocycles. The standard InChI is InChI=1S/C21H24N4O6S3/c26-21(27)25-8-1-2-13(11-25)17-10-16-15(5-7-22-20(16)23-17)18-3-4-19(32-18)34(30,31)24-14-6-9-33(28,29)12-14/h3-5,7,10-11,14,24,28-29H,1-2,6,8-9,12H2,(H,22,23)(H,26,27). The number of aromatic amines is 1. The zero-order valence-electron chi connectivity index (χ0n) is 18.0. The lowest BCUT2D eigenvalue weighted by molar-refractivity contribution is 0.161. The molecular formula is C21H24N4O6S3. The molecule has 5 N–H and O–H groups in total. The first-order valence-corrected chi connectivity index (χ1v) is 14.8.